The molecule has 0 spiro atoms. The number of sulfonamides is 1. The van der Waals surface area contributed by atoms with Crippen LogP contribution >= 0.6 is 0 Å². The molecule has 0 aromatic rings. The summed E-state index contributed by atoms with van der Waals surface area (Å²) in [5.41, 5.74) is 0. The Morgan fingerprint density at radius 3 is 1.82 bits per heavy atom. The molecule has 0 aliphatic rings. The highest BCUT2D eigenvalue weighted by Crippen LogP contribution is 2.16. The van der Waals surface area contributed by atoms with E-state index >= 15 is 0 Å². The van der Waals surface area contributed by atoms with E-state index in [4.69, 9.17) is 15.8 Å². The van der Waals surface area contributed by atoms with E-state index in [9.17, 15) is 8.42 Å². The Hall–Kier alpha value is -1.62. The maximum Gasteiger partial charge on any atom is 0.230 e. The molecule has 0 bridgehead atoms. The lowest BCUT2D eigenvalue weighted by Crippen LogP contribution is -2.39. The molecule has 1 atom stereocenters. The van der Waals surface area contributed by atoms with Crippen LogP contribution in [-0.2, 0) is 10.0 Å². The number of rotatable bonds is 12. The van der Waals surface area contributed by atoms with Gasteiger partial charge in [0.25, 0.3) is 0 Å². The summed E-state index contributed by atoms with van der Waals surface area (Å²) in [5, 5.41) is 25.2. The maximum absolute atomic E-state index is 12.6. The lowest BCUT2D eigenvalue weighted by atomic mass is 10.2. The highest BCUT2D eigenvalue weighted by Gasteiger charge is 2.30. The van der Waals surface area contributed by atoms with Crippen molar-refractivity contribution in [2.75, 3.05) is 13.1 Å². The van der Waals surface area contributed by atoms with Crippen molar-refractivity contribution < 1.29 is 8.42 Å². The van der Waals surface area contributed by atoms with Crippen molar-refractivity contribution in [2.45, 2.75) is 63.5 Å². The van der Waals surface area contributed by atoms with E-state index in [0.717, 1.165) is 0 Å². The lowest BCUT2D eigenvalue weighted by Gasteiger charge is -2.24. The molecular formula is C15H24N4O2S. The van der Waals surface area contributed by atoms with E-state index in [2.05, 4.69) is 0 Å². The third kappa shape index (κ3) is 7.41. The molecule has 0 amide bonds. The van der Waals surface area contributed by atoms with Crippen LogP contribution < -0.4 is 0 Å². The Morgan fingerprint density at radius 2 is 1.45 bits per heavy atom. The fourth-order valence-electron chi connectivity index (χ4n) is 2.07. The van der Waals surface area contributed by atoms with Crippen LogP contribution in [0.1, 0.15) is 58.3 Å². The van der Waals surface area contributed by atoms with Crippen LogP contribution in [0.15, 0.2) is 0 Å². The zero-order valence-electron chi connectivity index (χ0n) is 13.2. The summed E-state index contributed by atoms with van der Waals surface area (Å²) in [6, 6.07) is 5.97. The number of hydrogen-bond acceptors (Lipinski definition) is 5. The van der Waals surface area contributed by atoms with Crippen LogP contribution in [0.4, 0.5) is 0 Å². The number of nitrogens with zero attached hydrogens (tertiary/aromatic N) is 4. The summed E-state index contributed by atoms with van der Waals surface area (Å²) >= 11 is 0. The van der Waals surface area contributed by atoms with Crippen molar-refractivity contribution in [1.29, 1.82) is 15.8 Å². The second kappa shape index (κ2) is 12.0. The van der Waals surface area contributed by atoms with Crippen LogP contribution in [0.3, 0.4) is 0 Å². The minimum atomic E-state index is -3.64. The van der Waals surface area contributed by atoms with Crippen LogP contribution in [0.25, 0.3) is 0 Å². The lowest BCUT2D eigenvalue weighted by molar-refractivity contribution is 0.387. The number of unbranched alkanes of at least 4 members (excludes halogenated alkanes) is 4. The Morgan fingerprint density at radius 1 is 0.955 bits per heavy atom. The van der Waals surface area contributed by atoms with Gasteiger partial charge in [-0.1, -0.05) is 13.3 Å². The molecule has 22 heavy (non-hydrogen) atoms. The van der Waals surface area contributed by atoms with Crippen molar-refractivity contribution in [3.8, 4) is 18.2 Å². The summed E-state index contributed by atoms with van der Waals surface area (Å²) in [4.78, 5) is 0. The Labute approximate surface area is 134 Å². The quantitative estimate of drug-likeness (QED) is 0.513. The SMILES string of the molecule is CCCC(C#N)S(=O)(=O)N(CCCCC#N)CCCCC#N. The Kier molecular flexibility index (Phi) is 11.1. The molecule has 0 N–H and O–H groups in total. The zero-order chi connectivity index (χ0) is 16.8. The minimum absolute atomic E-state index is 0.325. The molecule has 0 saturated carbocycles. The topological polar surface area (TPSA) is 109 Å². The van der Waals surface area contributed by atoms with Crippen molar-refractivity contribution >= 4 is 10.0 Å². The summed E-state index contributed by atoms with van der Waals surface area (Å²) in [5.74, 6) is 0. The van der Waals surface area contributed by atoms with Crippen molar-refractivity contribution in [3.63, 3.8) is 0 Å². The minimum Gasteiger partial charge on any atom is -0.211 e. The standard InChI is InChI=1S/C15H24N4O2S/c1-2-9-15(14-18)22(20,21)19(12-7-3-5-10-16)13-8-4-6-11-17/h15H,2-9,12-13H2,1H3. The fourth-order valence-corrected chi connectivity index (χ4v) is 3.87. The Bertz CT molecular complexity index is 503. The average molecular weight is 324 g/mol. The molecule has 0 rings (SSSR count). The summed E-state index contributed by atoms with van der Waals surface area (Å²) in [7, 11) is -3.64. The van der Waals surface area contributed by atoms with Gasteiger partial charge in [-0.3, -0.25) is 0 Å². The fraction of sp³-hybridized carbons (Fsp3) is 0.800. The van der Waals surface area contributed by atoms with Crippen LogP contribution in [0.5, 0.6) is 0 Å². The highest BCUT2D eigenvalue weighted by atomic mass is 32.2. The van der Waals surface area contributed by atoms with Crippen molar-refractivity contribution in [2.24, 2.45) is 0 Å². The molecular weight excluding hydrogens is 300 g/mol. The zero-order valence-corrected chi connectivity index (χ0v) is 14.0. The first-order valence-electron chi connectivity index (χ1n) is 7.67. The van der Waals surface area contributed by atoms with Gasteiger partial charge in [-0.05, 0) is 32.1 Å². The van der Waals surface area contributed by atoms with Gasteiger partial charge < -0.3 is 0 Å². The van der Waals surface area contributed by atoms with Crippen LogP contribution in [0.2, 0.25) is 0 Å². The molecule has 122 valence electrons. The molecule has 6 nitrogen and oxygen atoms in total. The summed E-state index contributed by atoms with van der Waals surface area (Å²) in [6.07, 6.45) is 4.26. The van der Waals surface area contributed by atoms with Crippen molar-refractivity contribution in [3.05, 3.63) is 0 Å². The third-order valence-electron chi connectivity index (χ3n) is 3.31. The van der Waals surface area contributed by atoms with Gasteiger partial charge in [0.2, 0.25) is 10.0 Å². The molecule has 0 aromatic heterocycles. The highest BCUT2D eigenvalue weighted by molar-refractivity contribution is 7.90. The first-order valence-corrected chi connectivity index (χ1v) is 9.17. The smallest absolute Gasteiger partial charge is 0.211 e. The van der Waals surface area contributed by atoms with Gasteiger partial charge in [-0.2, -0.15) is 15.8 Å². The second-order valence-corrected chi connectivity index (χ2v) is 7.20. The van der Waals surface area contributed by atoms with Gasteiger partial charge in [0.15, 0.2) is 5.25 Å². The van der Waals surface area contributed by atoms with E-state index in [1.807, 2.05) is 25.1 Å². The largest absolute Gasteiger partial charge is 0.230 e. The van der Waals surface area contributed by atoms with Crippen LogP contribution in [-0.4, -0.2) is 31.1 Å². The van der Waals surface area contributed by atoms with E-state index in [1.54, 1.807) is 0 Å². The summed E-state index contributed by atoms with van der Waals surface area (Å²) < 4.78 is 26.5. The molecule has 0 aliphatic heterocycles. The molecule has 0 heterocycles. The predicted octanol–water partition coefficient (Wildman–Crippen LogP) is 2.70. The molecule has 0 radical (unpaired) electrons. The second-order valence-electron chi connectivity index (χ2n) is 5.08. The Balaban J connectivity index is 4.83. The van der Waals surface area contributed by atoms with E-state index in [0.29, 0.717) is 64.5 Å². The molecule has 0 saturated heterocycles. The molecule has 7 heteroatoms. The van der Waals surface area contributed by atoms with E-state index < -0.39 is 15.3 Å². The first kappa shape index (κ1) is 20.4. The van der Waals surface area contributed by atoms with E-state index in [1.165, 1.54) is 4.31 Å². The van der Waals surface area contributed by atoms with Gasteiger partial charge >= 0.3 is 0 Å². The predicted molar refractivity (Wildman–Crippen MR) is 83.7 cm³/mol. The molecule has 0 aromatic carbocycles. The van der Waals surface area contributed by atoms with Gasteiger partial charge in [0, 0.05) is 25.9 Å². The third-order valence-corrected chi connectivity index (χ3v) is 5.45. The van der Waals surface area contributed by atoms with Gasteiger partial charge in [-0.15, -0.1) is 0 Å². The monoisotopic (exact) mass is 324 g/mol. The number of nitriles is 3. The van der Waals surface area contributed by atoms with Gasteiger partial charge in [-0.25, -0.2) is 12.7 Å². The maximum atomic E-state index is 12.6. The summed E-state index contributed by atoms with van der Waals surface area (Å²) in [6.45, 7) is 2.51. The normalized spacial score (nSPS) is 12.3. The van der Waals surface area contributed by atoms with Crippen molar-refractivity contribution in [1.82, 2.24) is 4.31 Å². The molecule has 1 unspecified atom stereocenters. The molecule has 0 aliphatic carbocycles. The number of hydrogen-bond donors (Lipinski definition) is 0. The molecule has 0 fully saturated rings. The van der Waals surface area contributed by atoms with E-state index in [-0.39, 0.29) is 0 Å². The van der Waals surface area contributed by atoms with Gasteiger partial charge in [0.1, 0.15) is 0 Å². The first-order chi connectivity index (χ1) is 10.5. The van der Waals surface area contributed by atoms with Gasteiger partial charge in [0.05, 0.1) is 18.2 Å². The average Bonchev–Trinajstić information content (AvgIpc) is 2.50. The van der Waals surface area contributed by atoms with Crippen LogP contribution in [0, 0.1) is 34.0 Å².